The summed E-state index contributed by atoms with van der Waals surface area (Å²) in [6.45, 7) is 14.1. The van der Waals surface area contributed by atoms with Crippen molar-refractivity contribution in [2.45, 2.75) is 363 Å². The second-order valence-corrected chi connectivity index (χ2v) is 29.8. The normalized spacial score (nSPS) is 14.6. The molecule has 6 atom stereocenters. The highest BCUT2D eigenvalue weighted by molar-refractivity contribution is 7.47. The van der Waals surface area contributed by atoms with Crippen LogP contribution in [0.25, 0.3) is 0 Å². The highest BCUT2D eigenvalue weighted by Gasteiger charge is 2.30. The highest BCUT2D eigenvalue weighted by atomic mass is 31.2. The predicted molar refractivity (Wildman–Crippen MR) is 358 cm³/mol. The first-order valence-corrected chi connectivity index (χ1v) is 39.2. The van der Waals surface area contributed by atoms with Crippen LogP contribution in [0.4, 0.5) is 0 Å². The first-order valence-electron chi connectivity index (χ1n) is 36.2. The molecule has 0 bridgehead atoms. The first-order chi connectivity index (χ1) is 42.6. The molecule has 0 amide bonds. The van der Waals surface area contributed by atoms with E-state index in [-0.39, 0.29) is 25.7 Å². The molecule has 0 aromatic rings. The van der Waals surface area contributed by atoms with Crippen molar-refractivity contribution < 1.29 is 80.2 Å². The minimum absolute atomic E-state index is 0.104. The van der Waals surface area contributed by atoms with E-state index in [0.29, 0.717) is 31.6 Å². The maximum atomic E-state index is 13.0. The Morgan fingerprint density at radius 2 is 0.539 bits per heavy atom. The summed E-state index contributed by atoms with van der Waals surface area (Å²) in [5.41, 5.74) is 0. The van der Waals surface area contributed by atoms with Crippen LogP contribution < -0.4 is 0 Å². The summed E-state index contributed by atoms with van der Waals surface area (Å²) in [5.74, 6) is 0.854. The Kier molecular flexibility index (Phi) is 58.5. The summed E-state index contributed by atoms with van der Waals surface area (Å²) in [6, 6.07) is 0. The van der Waals surface area contributed by atoms with Crippen molar-refractivity contribution in [3.8, 4) is 0 Å². The van der Waals surface area contributed by atoms with Crippen molar-refractivity contribution in [1.82, 2.24) is 0 Å². The number of aliphatic hydroxyl groups excluding tert-OH is 1. The highest BCUT2D eigenvalue weighted by Crippen LogP contribution is 2.45. The van der Waals surface area contributed by atoms with Crippen LogP contribution >= 0.6 is 15.6 Å². The molecule has 0 aromatic carbocycles. The molecular formula is C70H136O17P2. The summed E-state index contributed by atoms with van der Waals surface area (Å²) < 4.78 is 68.3. The van der Waals surface area contributed by atoms with Gasteiger partial charge in [-0.25, -0.2) is 9.13 Å². The minimum Gasteiger partial charge on any atom is -0.462 e. The van der Waals surface area contributed by atoms with E-state index < -0.39 is 97.5 Å². The number of aliphatic hydroxyl groups is 1. The summed E-state index contributed by atoms with van der Waals surface area (Å²) in [5, 5.41) is 10.6. The van der Waals surface area contributed by atoms with Gasteiger partial charge in [0.2, 0.25) is 0 Å². The molecule has 0 fully saturated rings. The zero-order valence-corrected chi connectivity index (χ0v) is 59.8. The van der Waals surface area contributed by atoms with Crippen LogP contribution in [0.1, 0.15) is 344 Å². The molecule has 0 rings (SSSR count). The number of carbonyl (C=O) groups is 4. The summed E-state index contributed by atoms with van der Waals surface area (Å²) in [6.07, 6.45) is 41.7. The molecule has 17 nitrogen and oxygen atoms in total. The van der Waals surface area contributed by atoms with E-state index in [1.807, 2.05) is 0 Å². The molecule has 0 radical (unpaired) electrons. The van der Waals surface area contributed by atoms with Crippen molar-refractivity contribution in [2.75, 3.05) is 39.6 Å². The van der Waals surface area contributed by atoms with Gasteiger partial charge in [0, 0.05) is 25.7 Å². The molecular weight excluding hydrogens is 1170 g/mol. The molecule has 0 aliphatic rings. The van der Waals surface area contributed by atoms with Crippen molar-refractivity contribution in [2.24, 2.45) is 23.7 Å². The predicted octanol–water partition coefficient (Wildman–Crippen LogP) is 19.7. The molecule has 19 heteroatoms. The van der Waals surface area contributed by atoms with Crippen molar-refractivity contribution >= 4 is 39.5 Å². The van der Waals surface area contributed by atoms with Gasteiger partial charge < -0.3 is 33.8 Å². The van der Waals surface area contributed by atoms with Crippen molar-refractivity contribution in [1.29, 1.82) is 0 Å². The monoisotopic (exact) mass is 1310 g/mol. The molecule has 0 spiro atoms. The van der Waals surface area contributed by atoms with E-state index in [2.05, 4.69) is 55.4 Å². The molecule has 0 aliphatic carbocycles. The average Bonchev–Trinajstić information content (AvgIpc) is 3.64. The van der Waals surface area contributed by atoms with Crippen LogP contribution in [0.2, 0.25) is 0 Å². The van der Waals surface area contributed by atoms with Crippen LogP contribution in [0, 0.1) is 23.7 Å². The second kappa shape index (κ2) is 59.8. The number of esters is 4. The molecule has 3 N–H and O–H groups in total. The van der Waals surface area contributed by atoms with Crippen LogP contribution in [0.5, 0.6) is 0 Å². The standard InChI is InChI=1S/C70H136O17P2/c1-9-63(8)49-41-33-24-20-21-27-37-45-53-70(75)87-65(56-80-67(72)50-42-34-25-18-14-10-12-16-22-30-38-46-60(2)3)58-84-88(76,77)82-54-64(71)55-83-89(78,79)85-59-66(57-81-68(73)51-43-35-29-28-32-40-48-62(6)7)86-69(74)52-44-36-26-19-15-11-13-17-23-31-39-47-61(4)5/h60-66,71H,9-59H2,1-8H3,(H,76,77)(H,78,79)/t63?,64-,65-,66-/m1/s1. The molecule has 0 saturated carbocycles. The molecule has 0 aliphatic heterocycles. The Morgan fingerprint density at radius 1 is 0.315 bits per heavy atom. The number of rotatable bonds is 67. The number of ether oxygens (including phenoxy) is 4. The largest absolute Gasteiger partial charge is 0.472 e. The van der Waals surface area contributed by atoms with Gasteiger partial charge in [0.25, 0.3) is 0 Å². The van der Waals surface area contributed by atoms with Gasteiger partial charge in [-0.3, -0.25) is 37.3 Å². The maximum absolute atomic E-state index is 13.0. The topological polar surface area (TPSA) is 237 Å². The number of hydrogen-bond donors (Lipinski definition) is 3. The molecule has 0 aromatic heterocycles. The molecule has 0 saturated heterocycles. The van der Waals surface area contributed by atoms with E-state index in [1.165, 1.54) is 141 Å². The smallest absolute Gasteiger partial charge is 0.462 e. The third kappa shape index (κ3) is 63.2. The van der Waals surface area contributed by atoms with Crippen LogP contribution in [0.15, 0.2) is 0 Å². The lowest BCUT2D eigenvalue weighted by Gasteiger charge is -2.21. The number of unbranched alkanes of at least 4 members (excludes halogenated alkanes) is 32. The summed E-state index contributed by atoms with van der Waals surface area (Å²) in [7, 11) is -9.90. The van der Waals surface area contributed by atoms with Gasteiger partial charge in [-0.15, -0.1) is 0 Å². The van der Waals surface area contributed by atoms with Gasteiger partial charge in [-0.05, 0) is 49.4 Å². The van der Waals surface area contributed by atoms with Gasteiger partial charge in [0.05, 0.1) is 26.4 Å². The fourth-order valence-corrected chi connectivity index (χ4v) is 12.0. The Balaban J connectivity index is 5.25. The molecule has 89 heavy (non-hydrogen) atoms. The lowest BCUT2D eigenvalue weighted by atomic mass is 9.99. The minimum atomic E-state index is -4.95. The zero-order valence-electron chi connectivity index (χ0n) is 58.1. The van der Waals surface area contributed by atoms with E-state index in [0.717, 1.165) is 114 Å². The van der Waals surface area contributed by atoms with E-state index in [9.17, 15) is 43.2 Å². The van der Waals surface area contributed by atoms with E-state index in [4.69, 9.17) is 37.0 Å². The Morgan fingerprint density at radius 3 is 0.798 bits per heavy atom. The number of phosphoric acid groups is 2. The van der Waals surface area contributed by atoms with E-state index in [1.54, 1.807) is 0 Å². The fraction of sp³-hybridized carbons (Fsp3) is 0.943. The average molecular weight is 1310 g/mol. The molecule has 528 valence electrons. The lowest BCUT2D eigenvalue weighted by Crippen LogP contribution is -2.30. The third-order valence-corrected chi connectivity index (χ3v) is 18.3. The van der Waals surface area contributed by atoms with Crippen LogP contribution in [-0.2, 0) is 65.4 Å². The van der Waals surface area contributed by atoms with Gasteiger partial charge in [-0.1, -0.05) is 293 Å². The van der Waals surface area contributed by atoms with Crippen LogP contribution in [-0.4, -0.2) is 96.7 Å². The van der Waals surface area contributed by atoms with Crippen LogP contribution in [0.3, 0.4) is 0 Å². The molecule has 0 heterocycles. The Bertz CT molecular complexity index is 1770. The summed E-state index contributed by atoms with van der Waals surface area (Å²) >= 11 is 0. The van der Waals surface area contributed by atoms with E-state index >= 15 is 0 Å². The quantitative estimate of drug-likeness (QED) is 0.0222. The summed E-state index contributed by atoms with van der Waals surface area (Å²) in [4.78, 5) is 72.5. The van der Waals surface area contributed by atoms with Gasteiger partial charge in [0.15, 0.2) is 12.2 Å². The van der Waals surface area contributed by atoms with Crippen molar-refractivity contribution in [3.63, 3.8) is 0 Å². The van der Waals surface area contributed by atoms with Gasteiger partial charge >= 0.3 is 39.5 Å². The Labute approximate surface area is 543 Å². The maximum Gasteiger partial charge on any atom is 0.472 e. The fourth-order valence-electron chi connectivity index (χ4n) is 10.5. The zero-order chi connectivity index (χ0) is 66.1. The number of carbonyl (C=O) groups excluding carboxylic acids is 4. The third-order valence-electron chi connectivity index (χ3n) is 16.4. The second-order valence-electron chi connectivity index (χ2n) is 26.9. The van der Waals surface area contributed by atoms with Gasteiger partial charge in [-0.2, -0.15) is 0 Å². The lowest BCUT2D eigenvalue weighted by molar-refractivity contribution is -0.161. The van der Waals surface area contributed by atoms with Gasteiger partial charge in [0.1, 0.15) is 19.3 Å². The Hall–Kier alpha value is -1.94. The number of hydrogen-bond acceptors (Lipinski definition) is 15. The van der Waals surface area contributed by atoms with Crippen molar-refractivity contribution in [3.05, 3.63) is 0 Å². The SMILES string of the molecule is CCC(C)CCCCCCCCCCC(=O)O[C@H](COC(=O)CCCCCCCCCCCCCC(C)C)COP(=O)(O)OC[C@@H](O)COP(=O)(O)OC[C@@H](COC(=O)CCCCCCCCC(C)C)OC(=O)CCCCCCCCCCCCCC(C)C. The first kappa shape index (κ1) is 87.1. The number of phosphoric ester groups is 2. The molecule has 3 unspecified atom stereocenters.